The molecule has 2 aliphatic rings. The summed E-state index contributed by atoms with van der Waals surface area (Å²) in [4.78, 5) is 12.8. The summed E-state index contributed by atoms with van der Waals surface area (Å²) in [7, 11) is 1.50. The average Bonchev–Trinajstić information content (AvgIpc) is 3.24. The molecule has 0 atom stereocenters. The molecule has 138 valence electrons. The Hall–Kier alpha value is -2.73. The van der Waals surface area contributed by atoms with Gasteiger partial charge in [0.15, 0.2) is 28.8 Å². The van der Waals surface area contributed by atoms with Crippen molar-refractivity contribution in [3.05, 3.63) is 57.1 Å². The average molecular weight is 429 g/mol. The molecule has 0 saturated heterocycles. The lowest BCUT2D eigenvalue weighted by Gasteiger charge is -2.04. The molecule has 1 saturated carbocycles. The van der Waals surface area contributed by atoms with Gasteiger partial charge >= 0.3 is 0 Å². The van der Waals surface area contributed by atoms with Crippen molar-refractivity contribution in [2.75, 3.05) is 13.9 Å². The summed E-state index contributed by atoms with van der Waals surface area (Å²) in [5.74, 6) is 1.87. The molecule has 1 heterocycles. The molecule has 0 bridgehead atoms. The van der Waals surface area contributed by atoms with E-state index in [1.165, 1.54) is 7.11 Å². The minimum absolute atomic E-state index is 0.0339. The van der Waals surface area contributed by atoms with Gasteiger partial charge < -0.3 is 19.3 Å². The van der Waals surface area contributed by atoms with Crippen LogP contribution in [0.3, 0.4) is 0 Å². The second-order valence-electron chi connectivity index (χ2n) is 6.33. The number of methoxy groups -OCH3 is 1. The highest BCUT2D eigenvalue weighted by Gasteiger charge is 2.24. The molecule has 1 aliphatic heterocycles. The highest BCUT2D eigenvalue weighted by molar-refractivity contribution is 9.10. The van der Waals surface area contributed by atoms with Crippen LogP contribution in [0.2, 0.25) is 0 Å². The lowest BCUT2D eigenvalue weighted by atomic mass is 10.1. The van der Waals surface area contributed by atoms with Gasteiger partial charge in [0.25, 0.3) is 0 Å². The largest absolute Gasteiger partial charge is 0.504 e. The number of phenolic OH excluding ortho intramolecular Hbond substituents is 1. The first-order valence-corrected chi connectivity index (χ1v) is 9.26. The zero-order chi connectivity index (χ0) is 19.0. The molecule has 0 spiro atoms. The van der Waals surface area contributed by atoms with Crippen LogP contribution < -0.4 is 14.2 Å². The number of ether oxygens (including phenoxy) is 3. The second kappa shape index (κ2) is 7.12. The normalized spacial score (nSPS) is 18.5. The number of benzene rings is 2. The van der Waals surface area contributed by atoms with Gasteiger partial charge in [0.2, 0.25) is 6.79 Å². The van der Waals surface area contributed by atoms with E-state index >= 15 is 0 Å². The van der Waals surface area contributed by atoms with Gasteiger partial charge in [0, 0.05) is 15.6 Å². The quantitative estimate of drug-likeness (QED) is 0.716. The third-order valence-corrected chi connectivity index (χ3v) is 5.30. The van der Waals surface area contributed by atoms with E-state index in [4.69, 9.17) is 14.2 Å². The van der Waals surface area contributed by atoms with Gasteiger partial charge in [-0.3, -0.25) is 4.79 Å². The van der Waals surface area contributed by atoms with Crippen molar-refractivity contribution in [2.45, 2.75) is 12.8 Å². The van der Waals surface area contributed by atoms with Crippen LogP contribution in [0.25, 0.3) is 12.2 Å². The van der Waals surface area contributed by atoms with Crippen molar-refractivity contribution < 1.29 is 24.1 Å². The highest BCUT2D eigenvalue weighted by atomic mass is 79.9. The molecule has 2 aromatic rings. The molecule has 0 amide bonds. The van der Waals surface area contributed by atoms with Crippen molar-refractivity contribution >= 4 is 33.9 Å². The number of aromatic hydroxyl groups is 1. The van der Waals surface area contributed by atoms with E-state index in [2.05, 4.69) is 15.9 Å². The number of fused-ring (bicyclic) bond motifs is 1. The summed E-state index contributed by atoms with van der Waals surface area (Å²) in [6, 6.07) is 8.76. The third kappa shape index (κ3) is 3.45. The number of carbonyl (C=O) groups is 1. The highest BCUT2D eigenvalue weighted by Crippen LogP contribution is 2.39. The van der Waals surface area contributed by atoms with Crippen molar-refractivity contribution in [1.29, 1.82) is 0 Å². The summed E-state index contributed by atoms with van der Waals surface area (Å²) in [5.41, 5.74) is 3.20. The molecular weight excluding hydrogens is 412 g/mol. The summed E-state index contributed by atoms with van der Waals surface area (Å²) in [6.07, 6.45) is 5.10. The SMILES string of the molecule is COc1cc(/C=C2\CC/C(=C\c3cc4c(cc3Br)OCO4)C2=O)ccc1O. The van der Waals surface area contributed by atoms with Crippen molar-refractivity contribution in [1.82, 2.24) is 0 Å². The molecule has 0 aromatic heterocycles. The van der Waals surface area contributed by atoms with Crippen LogP contribution in [0.1, 0.15) is 24.0 Å². The Labute approximate surface area is 165 Å². The number of phenols is 1. The van der Waals surface area contributed by atoms with Crippen molar-refractivity contribution in [3.8, 4) is 23.0 Å². The Balaban J connectivity index is 1.61. The minimum Gasteiger partial charge on any atom is -0.504 e. The van der Waals surface area contributed by atoms with Crippen molar-refractivity contribution in [2.24, 2.45) is 0 Å². The molecule has 1 aliphatic carbocycles. The second-order valence-corrected chi connectivity index (χ2v) is 7.18. The van der Waals surface area contributed by atoms with E-state index in [-0.39, 0.29) is 18.3 Å². The van der Waals surface area contributed by atoms with Gasteiger partial charge in [-0.15, -0.1) is 0 Å². The van der Waals surface area contributed by atoms with E-state index in [9.17, 15) is 9.90 Å². The predicted octanol–water partition coefficient (Wildman–Crippen LogP) is 4.72. The first-order chi connectivity index (χ1) is 13.0. The number of carbonyl (C=O) groups excluding carboxylic acids is 1. The van der Waals surface area contributed by atoms with Crippen molar-refractivity contribution in [3.63, 3.8) is 0 Å². The molecule has 0 unspecified atom stereocenters. The number of hydrogen-bond donors (Lipinski definition) is 1. The number of ketones is 1. The molecule has 1 fully saturated rings. The number of halogens is 1. The van der Waals surface area contributed by atoms with Crippen LogP contribution >= 0.6 is 15.9 Å². The number of allylic oxidation sites excluding steroid dienone is 2. The van der Waals surface area contributed by atoms with Gasteiger partial charge in [-0.05, 0) is 60.4 Å². The van der Waals surface area contributed by atoms with Gasteiger partial charge in [-0.1, -0.05) is 22.0 Å². The van der Waals surface area contributed by atoms with Gasteiger partial charge in [-0.25, -0.2) is 0 Å². The molecule has 6 heteroatoms. The van der Waals surface area contributed by atoms with E-state index in [0.717, 1.165) is 26.7 Å². The molecular formula is C21H17BrO5. The maximum atomic E-state index is 12.8. The van der Waals surface area contributed by atoms with Gasteiger partial charge in [0.1, 0.15) is 0 Å². The van der Waals surface area contributed by atoms with Gasteiger partial charge in [-0.2, -0.15) is 0 Å². The van der Waals surface area contributed by atoms with Crippen LogP contribution in [-0.2, 0) is 4.79 Å². The Morgan fingerprint density at radius 3 is 2.52 bits per heavy atom. The first-order valence-electron chi connectivity index (χ1n) is 8.47. The number of rotatable bonds is 3. The monoisotopic (exact) mass is 428 g/mol. The Morgan fingerprint density at radius 2 is 1.78 bits per heavy atom. The summed E-state index contributed by atoms with van der Waals surface area (Å²) in [6.45, 7) is 0.212. The summed E-state index contributed by atoms with van der Waals surface area (Å²) >= 11 is 3.53. The van der Waals surface area contributed by atoms with Crippen LogP contribution in [-0.4, -0.2) is 24.8 Å². The zero-order valence-corrected chi connectivity index (χ0v) is 16.2. The first kappa shape index (κ1) is 17.7. The molecule has 2 aromatic carbocycles. The topological polar surface area (TPSA) is 65.0 Å². The number of hydrogen-bond acceptors (Lipinski definition) is 5. The fraction of sp³-hybridized carbons (Fsp3) is 0.190. The fourth-order valence-corrected chi connectivity index (χ4v) is 3.63. The standard InChI is InChI=1S/C21H17BrO5/c1-25-18-7-12(2-5-17(18)23)6-13-3-4-14(21(13)24)8-15-9-19-20(10-16(15)22)27-11-26-19/h2,5-10,23H,3-4,11H2,1H3/b13-6+,14-8+. The third-order valence-electron chi connectivity index (χ3n) is 4.61. The fourth-order valence-electron chi connectivity index (χ4n) is 3.19. The maximum absolute atomic E-state index is 12.8. The molecule has 1 N–H and O–H groups in total. The van der Waals surface area contributed by atoms with E-state index in [0.29, 0.717) is 30.1 Å². The molecule has 4 rings (SSSR count). The Bertz CT molecular complexity index is 990. The van der Waals surface area contributed by atoms with Gasteiger partial charge in [0.05, 0.1) is 7.11 Å². The van der Waals surface area contributed by atoms with E-state index in [1.54, 1.807) is 18.2 Å². The molecule has 5 nitrogen and oxygen atoms in total. The van der Waals surface area contributed by atoms with Crippen LogP contribution in [0, 0.1) is 0 Å². The van der Waals surface area contributed by atoms with Crippen LogP contribution in [0.4, 0.5) is 0 Å². The predicted molar refractivity (Wildman–Crippen MR) is 105 cm³/mol. The summed E-state index contributed by atoms with van der Waals surface area (Å²) < 4.78 is 16.8. The lowest BCUT2D eigenvalue weighted by Crippen LogP contribution is -1.96. The summed E-state index contributed by atoms with van der Waals surface area (Å²) in [5, 5.41) is 9.70. The maximum Gasteiger partial charge on any atom is 0.231 e. The lowest BCUT2D eigenvalue weighted by molar-refractivity contribution is -0.111. The van der Waals surface area contributed by atoms with Crippen LogP contribution in [0.15, 0.2) is 46.0 Å². The Morgan fingerprint density at radius 1 is 1.07 bits per heavy atom. The molecule has 0 radical (unpaired) electrons. The van der Waals surface area contributed by atoms with Crippen LogP contribution in [0.5, 0.6) is 23.0 Å². The number of Topliss-reactive ketones (excluding diaryl/α,β-unsaturated/α-hetero) is 1. The Kier molecular flexibility index (Phi) is 4.66. The minimum atomic E-state index is 0.0339. The van der Waals surface area contributed by atoms with E-state index in [1.807, 2.05) is 24.3 Å². The molecule has 27 heavy (non-hydrogen) atoms. The zero-order valence-electron chi connectivity index (χ0n) is 14.6. The van der Waals surface area contributed by atoms with E-state index < -0.39 is 0 Å². The smallest absolute Gasteiger partial charge is 0.231 e.